The highest BCUT2D eigenvalue weighted by Gasteiger charge is 2.30. The topological polar surface area (TPSA) is 77.3 Å². The van der Waals surface area contributed by atoms with Crippen LogP contribution in [0.25, 0.3) is 0 Å². The van der Waals surface area contributed by atoms with E-state index in [9.17, 15) is 9.59 Å². The molecular formula is C25H26N4O3. The van der Waals surface area contributed by atoms with Crippen LogP contribution in [0.3, 0.4) is 0 Å². The van der Waals surface area contributed by atoms with Gasteiger partial charge in [0.25, 0.3) is 5.91 Å². The van der Waals surface area contributed by atoms with Gasteiger partial charge in [-0.3, -0.25) is 9.59 Å². The number of piperidine rings is 1. The lowest BCUT2D eigenvalue weighted by atomic mass is 9.96. The summed E-state index contributed by atoms with van der Waals surface area (Å²) in [5, 5.41) is 8.77. The normalized spacial score (nSPS) is 17.8. The van der Waals surface area contributed by atoms with Crippen molar-refractivity contribution in [1.29, 1.82) is 0 Å². The summed E-state index contributed by atoms with van der Waals surface area (Å²) in [4.78, 5) is 26.5. The number of rotatable bonds is 5. The molecule has 0 aliphatic carbocycles. The molecule has 5 rings (SSSR count). The van der Waals surface area contributed by atoms with Crippen LogP contribution in [-0.2, 0) is 13.0 Å². The van der Waals surface area contributed by atoms with E-state index in [2.05, 4.69) is 14.8 Å². The van der Waals surface area contributed by atoms with Crippen molar-refractivity contribution in [3.05, 3.63) is 71.3 Å². The van der Waals surface area contributed by atoms with Gasteiger partial charge in [-0.1, -0.05) is 0 Å². The van der Waals surface area contributed by atoms with E-state index in [1.165, 1.54) is 6.92 Å². The summed E-state index contributed by atoms with van der Waals surface area (Å²) in [5.41, 5.74) is 1.30. The molecule has 0 bridgehead atoms. The number of ketones is 1. The smallest absolute Gasteiger partial charge is 0.253 e. The Hall–Kier alpha value is -3.48. The predicted molar refractivity (Wildman–Crippen MR) is 119 cm³/mol. The number of carbonyl (C=O) groups is 2. The van der Waals surface area contributed by atoms with Crippen molar-refractivity contribution in [1.82, 2.24) is 19.7 Å². The van der Waals surface area contributed by atoms with E-state index in [0.29, 0.717) is 29.2 Å². The lowest BCUT2D eigenvalue weighted by molar-refractivity contribution is 0.0703. The molecule has 2 aliphatic heterocycles. The highest BCUT2D eigenvalue weighted by molar-refractivity contribution is 5.94. The van der Waals surface area contributed by atoms with Crippen LogP contribution in [-0.4, -0.2) is 44.4 Å². The van der Waals surface area contributed by atoms with Crippen LogP contribution in [0, 0.1) is 0 Å². The Labute approximate surface area is 187 Å². The molecule has 32 heavy (non-hydrogen) atoms. The third-order valence-corrected chi connectivity index (χ3v) is 6.31. The lowest BCUT2D eigenvalue weighted by Gasteiger charge is -2.32. The minimum Gasteiger partial charge on any atom is -0.457 e. The molecule has 7 heteroatoms. The van der Waals surface area contributed by atoms with E-state index in [-0.39, 0.29) is 17.6 Å². The fourth-order valence-electron chi connectivity index (χ4n) is 4.59. The number of fused-ring (bicyclic) bond motifs is 1. The van der Waals surface area contributed by atoms with Gasteiger partial charge in [-0.2, -0.15) is 0 Å². The molecule has 0 spiro atoms. The minimum absolute atomic E-state index is 0.0211. The summed E-state index contributed by atoms with van der Waals surface area (Å²) >= 11 is 0. The maximum atomic E-state index is 13.1. The number of nitrogens with zero attached hydrogens (tertiary/aromatic N) is 4. The quantitative estimate of drug-likeness (QED) is 0.566. The first-order valence-electron chi connectivity index (χ1n) is 11.2. The van der Waals surface area contributed by atoms with E-state index in [1.807, 2.05) is 4.90 Å². The van der Waals surface area contributed by atoms with Gasteiger partial charge in [0.2, 0.25) is 0 Å². The van der Waals surface area contributed by atoms with Gasteiger partial charge in [0.15, 0.2) is 5.78 Å². The molecule has 1 unspecified atom stereocenters. The van der Waals surface area contributed by atoms with Crippen LogP contribution in [0.1, 0.15) is 64.5 Å². The summed E-state index contributed by atoms with van der Waals surface area (Å²) in [6, 6.07) is 14.2. The SMILES string of the molecule is CC(=O)c1ccc(Oc2ccc(C(=O)N3CCCC(c4nnc5n4CCC5)C3)cc2)cc1. The maximum absolute atomic E-state index is 13.1. The van der Waals surface area contributed by atoms with E-state index < -0.39 is 0 Å². The minimum atomic E-state index is 0.0211. The number of ether oxygens (including phenoxy) is 1. The molecule has 0 N–H and O–H groups in total. The largest absolute Gasteiger partial charge is 0.457 e. The van der Waals surface area contributed by atoms with Crippen molar-refractivity contribution < 1.29 is 14.3 Å². The molecule has 0 radical (unpaired) electrons. The third-order valence-electron chi connectivity index (χ3n) is 6.31. The van der Waals surface area contributed by atoms with Crippen LogP contribution in [0.15, 0.2) is 48.5 Å². The van der Waals surface area contributed by atoms with Crippen LogP contribution < -0.4 is 4.74 Å². The fraction of sp³-hybridized carbons (Fsp3) is 0.360. The molecule has 3 aromatic rings. The fourth-order valence-corrected chi connectivity index (χ4v) is 4.59. The highest BCUT2D eigenvalue weighted by atomic mass is 16.5. The van der Waals surface area contributed by atoms with Gasteiger partial charge < -0.3 is 14.2 Å². The van der Waals surface area contributed by atoms with E-state index in [4.69, 9.17) is 4.74 Å². The summed E-state index contributed by atoms with van der Waals surface area (Å²) < 4.78 is 8.09. The molecular weight excluding hydrogens is 404 g/mol. The molecule has 0 saturated carbocycles. The molecule has 2 aromatic carbocycles. The molecule has 2 aliphatic rings. The van der Waals surface area contributed by atoms with Crippen LogP contribution in [0.2, 0.25) is 0 Å². The predicted octanol–water partition coefficient (Wildman–Crippen LogP) is 4.24. The first-order valence-corrected chi connectivity index (χ1v) is 11.2. The second-order valence-corrected chi connectivity index (χ2v) is 8.53. The molecule has 1 atom stereocenters. The van der Waals surface area contributed by atoms with Gasteiger partial charge in [0.1, 0.15) is 23.1 Å². The highest BCUT2D eigenvalue weighted by Crippen LogP contribution is 2.29. The standard InChI is InChI=1S/C25H26N4O3/c1-17(30)18-6-10-21(11-7-18)32-22-12-8-19(9-13-22)25(31)28-14-2-4-20(16-28)24-27-26-23-5-3-15-29(23)24/h6-13,20H,2-5,14-16H2,1H3. The molecule has 1 saturated heterocycles. The van der Waals surface area contributed by atoms with Gasteiger partial charge in [0, 0.05) is 43.1 Å². The van der Waals surface area contributed by atoms with Gasteiger partial charge >= 0.3 is 0 Å². The molecule has 1 fully saturated rings. The number of hydrogen-bond acceptors (Lipinski definition) is 5. The van der Waals surface area contributed by atoms with Gasteiger partial charge in [0.05, 0.1) is 0 Å². The Bertz CT molecular complexity index is 1130. The third kappa shape index (κ3) is 4.02. The Kier molecular flexibility index (Phi) is 5.47. The zero-order valence-corrected chi connectivity index (χ0v) is 18.2. The van der Waals surface area contributed by atoms with Crippen molar-refractivity contribution in [3.63, 3.8) is 0 Å². The van der Waals surface area contributed by atoms with Crippen LogP contribution in [0.4, 0.5) is 0 Å². The second kappa shape index (κ2) is 8.57. The number of hydrogen-bond donors (Lipinski definition) is 0. The number of carbonyl (C=O) groups excluding carboxylic acids is 2. The molecule has 1 aromatic heterocycles. The Morgan fingerprint density at radius 2 is 1.59 bits per heavy atom. The summed E-state index contributed by atoms with van der Waals surface area (Å²) in [5.74, 6) is 3.71. The van der Waals surface area contributed by atoms with E-state index in [1.54, 1.807) is 48.5 Å². The number of benzene rings is 2. The summed E-state index contributed by atoms with van der Waals surface area (Å²) in [6.07, 6.45) is 4.13. The zero-order chi connectivity index (χ0) is 22.1. The van der Waals surface area contributed by atoms with Crippen molar-refractivity contribution in [2.45, 2.75) is 45.1 Å². The first kappa shape index (κ1) is 20.4. The molecule has 7 nitrogen and oxygen atoms in total. The number of aryl methyl sites for hydroxylation is 1. The Morgan fingerprint density at radius 1 is 0.906 bits per heavy atom. The summed E-state index contributed by atoms with van der Waals surface area (Å²) in [7, 11) is 0. The summed E-state index contributed by atoms with van der Waals surface area (Å²) in [6.45, 7) is 3.96. The average molecular weight is 431 g/mol. The Balaban J connectivity index is 1.24. The molecule has 1 amide bonds. The second-order valence-electron chi connectivity index (χ2n) is 8.53. The van der Waals surface area contributed by atoms with Crippen molar-refractivity contribution in [3.8, 4) is 11.5 Å². The van der Waals surface area contributed by atoms with Crippen molar-refractivity contribution in [2.24, 2.45) is 0 Å². The average Bonchev–Trinajstić information content (AvgIpc) is 3.44. The van der Waals surface area contributed by atoms with E-state index >= 15 is 0 Å². The zero-order valence-electron chi connectivity index (χ0n) is 18.2. The van der Waals surface area contributed by atoms with E-state index in [0.717, 1.165) is 50.4 Å². The molecule has 3 heterocycles. The molecule has 164 valence electrons. The monoisotopic (exact) mass is 430 g/mol. The maximum Gasteiger partial charge on any atom is 0.253 e. The van der Waals surface area contributed by atoms with Gasteiger partial charge in [-0.25, -0.2) is 0 Å². The first-order chi connectivity index (χ1) is 15.6. The van der Waals surface area contributed by atoms with Gasteiger partial charge in [-0.05, 0) is 74.7 Å². The number of likely N-dealkylation sites (tertiary alicyclic amines) is 1. The van der Waals surface area contributed by atoms with Crippen molar-refractivity contribution >= 4 is 11.7 Å². The van der Waals surface area contributed by atoms with Gasteiger partial charge in [-0.15, -0.1) is 10.2 Å². The Morgan fingerprint density at radius 3 is 2.28 bits per heavy atom. The number of amides is 1. The number of Topliss-reactive ketones (excluding diaryl/α,β-unsaturated/α-hetero) is 1. The van der Waals surface area contributed by atoms with Crippen molar-refractivity contribution in [2.75, 3.05) is 13.1 Å². The number of aromatic nitrogens is 3. The lowest BCUT2D eigenvalue weighted by Crippen LogP contribution is -2.39. The van der Waals surface area contributed by atoms with Crippen LogP contribution >= 0.6 is 0 Å². The van der Waals surface area contributed by atoms with Crippen LogP contribution in [0.5, 0.6) is 11.5 Å².